The Bertz CT molecular complexity index is 915. The fraction of sp³-hybridized carbons (Fsp3) is 0.350. The minimum absolute atomic E-state index is 0.0332. The zero-order valence-electron chi connectivity index (χ0n) is 15.2. The van der Waals surface area contributed by atoms with Gasteiger partial charge in [-0.1, -0.05) is 30.3 Å². The van der Waals surface area contributed by atoms with E-state index in [-0.39, 0.29) is 18.0 Å². The number of aryl methyl sites for hydroxylation is 1. The minimum Gasteiger partial charge on any atom is -0.349 e. The van der Waals surface area contributed by atoms with E-state index in [1.54, 1.807) is 17.1 Å². The number of benzene rings is 1. The van der Waals surface area contributed by atoms with Gasteiger partial charge in [-0.2, -0.15) is 4.80 Å². The maximum atomic E-state index is 12.4. The molecule has 7 heteroatoms. The van der Waals surface area contributed by atoms with Crippen LogP contribution in [0.25, 0.3) is 11.4 Å². The fourth-order valence-corrected chi connectivity index (χ4v) is 3.49. The molecule has 1 fully saturated rings. The summed E-state index contributed by atoms with van der Waals surface area (Å²) < 4.78 is 0. The quantitative estimate of drug-likeness (QED) is 0.771. The Morgan fingerprint density at radius 2 is 1.89 bits per heavy atom. The second-order valence-corrected chi connectivity index (χ2v) is 6.96. The van der Waals surface area contributed by atoms with E-state index in [1.165, 1.54) is 0 Å². The second kappa shape index (κ2) is 7.65. The van der Waals surface area contributed by atoms with Gasteiger partial charge < -0.3 is 5.32 Å². The molecule has 0 aliphatic heterocycles. The summed E-state index contributed by atoms with van der Waals surface area (Å²) in [5.41, 5.74) is 2.48. The molecule has 7 nitrogen and oxygen atoms in total. The molecule has 1 aliphatic rings. The number of carbonyl (C=O) groups is 1. The Kier molecular flexibility index (Phi) is 4.91. The number of hydrogen-bond acceptors (Lipinski definition) is 5. The summed E-state index contributed by atoms with van der Waals surface area (Å²) >= 11 is 0. The van der Waals surface area contributed by atoms with Crippen molar-refractivity contribution in [2.45, 2.75) is 44.7 Å². The van der Waals surface area contributed by atoms with Crippen molar-refractivity contribution < 1.29 is 4.79 Å². The van der Waals surface area contributed by atoms with Crippen molar-refractivity contribution in [2.24, 2.45) is 0 Å². The zero-order valence-corrected chi connectivity index (χ0v) is 15.2. The number of nitrogens with zero attached hydrogens (tertiary/aromatic N) is 5. The molecular weight excluding hydrogens is 340 g/mol. The number of rotatable bonds is 4. The van der Waals surface area contributed by atoms with Gasteiger partial charge in [-0.3, -0.25) is 9.78 Å². The van der Waals surface area contributed by atoms with Crippen molar-refractivity contribution in [3.05, 3.63) is 59.9 Å². The summed E-state index contributed by atoms with van der Waals surface area (Å²) in [4.78, 5) is 18.3. The smallest absolute Gasteiger partial charge is 0.251 e. The SMILES string of the molecule is Cc1cc(C(=O)NC2CCC(n3nnc(-c4ccccc4)n3)CC2)ccn1. The molecule has 2 aromatic heterocycles. The zero-order chi connectivity index (χ0) is 18.6. The van der Waals surface area contributed by atoms with Crippen LogP contribution in [-0.2, 0) is 0 Å². The summed E-state index contributed by atoms with van der Waals surface area (Å²) in [6, 6.07) is 13.8. The van der Waals surface area contributed by atoms with Gasteiger partial charge in [0.15, 0.2) is 0 Å². The van der Waals surface area contributed by atoms with E-state index in [4.69, 9.17) is 0 Å². The summed E-state index contributed by atoms with van der Waals surface area (Å²) in [6.45, 7) is 1.89. The van der Waals surface area contributed by atoms with Crippen LogP contribution >= 0.6 is 0 Å². The van der Waals surface area contributed by atoms with Crippen LogP contribution in [0.4, 0.5) is 0 Å². The van der Waals surface area contributed by atoms with E-state index in [1.807, 2.05) is 43.3 Å². The number of amides is 1. The molecule has 2 heterocycles. The van der Waals surface area contributed by atoms with Crippen molar-refractivity contribution in [3.8, 4) is 11.4 Å². The van der Waals surface area contributed by atoms with Gasteiger partial charge >= 0.3 is 0 Å². The molecule has 138 valence electrons. The van der Waals surface area contributed by atoms with Crippen molar-refractivity contribution in [1.82, 2.24) is 30.5 Å². The third-order valence-corrected chi connectivity index (χ3v) is 4.98. The highest BCUT2D eigenvalue weighted by Gasteiger charge is 2.25. The first-order chi connectivity index (χ1) is 13.2. The molecule has 4 rings (SSSR count). The molecule has 0 bridgehead atoms. The average Bonchev–Trinajstić information content (AvgIpc) is 3.19. The number of hydrogen-bond donors (Lipinski definition) is 1. The Morgan fingerprint density at radius 3 is 2.63 bits per heavy atom. The summed E-state index contributed by atoms with van der Waals surface area (Å²) in [5, 5.41) is 16.1. The van der Waals surface area contributed by atoms with E-state index in [2.05, 4.69) is 25.7 Å². The van der Waals surface area contributed by atoms with Crippen molar-refractivity contribution in [3.63, 3.8) is 0 Å². The molecular formula is C20H22N6O. The molecule has 27 heavy (non-hydrogen) atoms. The molecule has 0 unspecified atom stereocenters. The molecule has 3 aromatic rings. The molecule has 0 saturated heterocycles. The van der Waals surface area contributed by atoms with E-state index in [0.29, 0.717) is 11.4 Å². The third-order valence-electron chi connectivity index (χ3n) is 4.98. The number of pyridine rings is 1. The Balaban J connectivity index is 1.34. The number of tetrazole rings is 1. The third kappa shape index (κ3) is 4.02. The number of aromatic nitrogens is 5. The fourth-order valence-electron chi connectivity index (χ4n) is 3.49. The molecule has 1 amide bonds. The van der Waals surface area contributed by atoms with Crippen molar-refractivity contribution in [2.75, 3.05) is 0 Å². The van der Waals surface area contributed by atoms with Crippen LogP contribution in [0.2, 0.25) is 0 Å². The van der Waals surface area contributed by atoms with Crippen LogP contribution in [0.1, 0.15) is 47.8 Å². The first-order valence-electron chi connectivity index (χ1n) is 9.27. The van der Waals surface area contributed by atoms with Gasteiger partial charge in [0, 0.05) is 29.1 Å². The lowest BCUT2D eigenvalue weighted by Crippen LogP contribution is -2.38. The second-order valence-electron chi connectivity index (χ2n) is 6.96. The van der Waals surface area contributed by atoms with Gasteiger partial charge in [0.05, 0.1) is 6.04 Å². The maximum absolute atomic E-state index is 12.4. The highest BCUT2D eigenvalue weighted by molar-refractivity contribution is 5.94. The van der Waals surface area contributed by atoms with Crippen molar-refractivity contribution in [1.29, 1.82) is 0 Å². The lowest BCUT2D eigenvalue weighted by molar-refractivity contribution is 0.0920. The van der Waals surface area contributed by atoms with E-state index in [9.17, 15) is 4.79 Å². The Hall–Kier alpha value is -3.09. The number of nitrogens with one attached hydrogen (secondary N) is 1. The van der Waals surface area contributed by atoms with E-state index >= 15 is 0 Å². The topological polar surface area (TPSA) is 85.6 Å². The Labute approximate surface area is 157 Å². The van der Waals surface area contributed by atoms with E-state index in [0.717, 1.165) is 36.9 Å². The van der Waals surface area contributed by atoms with Crippen LogP contribution < -0.4 is 5.32 Å². The molecule has 1 saturated carbocycles. The van der Waals surface area contributed by atoms with Crippen LogP contribution in [0.5, 0.6) is 0 Å². The van der Waals surface area contributed by atoms with Gasteiger partial charge in [-0.15, -0.1) is 10.2 Å². The molecule has 1 aromatic carbocycles. The largest absolute Gasteiger partial charge is 0.349 e. The van der Waals surface area contributed by atoms with E-state index < -0.39 is 0 Å². The predicted molar refractivity (Wildman–Crippen MR) is 101 cm³/mol. The summed E-state index contributed by atoms with van der Waals surface area (Å²) in [6.07, 6.45) is 5.32. The Morgan fingerprint density at radius 1 is 1.11 bits per heavy atom. The summed E-state index contributed by atoms with van der Waals surface area (Å²) in [5.74, 6) is 0.619. The van der Waals surface area contributed by atoms with Gasteiger partial charge in [0.25, 0.3) is 5.91 Å². The first kappa shape index (κ1) is 17.3. The highest BCUT2D eigenvalue weighted by atomic mass is 16.1. The van der Waals surface area contributed by atoms with Crippen molar-refractivity contribution >= 4 is 5.91 Å². The van der Waals surface area contributed by atoms with Gasteiger partial charge in [-0.25, -0.2) is 0 Å². The molecule has 0 atom stereocenters. The van der Waals surface area contributed by atoms with Gasteiger partial charge in [0.1, 0.15) is 0 Å². The normalized spacial score (nSPS) is 19.6. The monoisotopic (exact) mass is 362 g/mol. The van der Waals surface area contributed by atoms with Crippen LogP contribution in [0, 0.1) is 6.92 Å². The average molecular weight is 362 g/mol. The number of carbonyl (C=O) groups excluding carboxylic acids is 1. The van der Waals surface area contributed by atoms with Crippen LogP contribution in [0.3, 0.4) is 0 Å². The van der Waals surface area contributed by atoms with Crippen LogP contribution in [0.15, 0.2) is 48.7 Å². The highest BCUT2D eigenvalue weighted by Crippen LogP contribution is 2.28. The standard InChI is InChI=1S/C20H22N6O/c1-14-13-16(11-12-21-14)20(27)22-17-7-9-18(10-8-17)26-24-19(23-25-26)15-5-3-2-4-6-15/h2-6,11-13,17-18H,7-10H2,1H3,(H,22,27). The summed E-state index contributed by atoms with van der Waals surface area (Å²) in [7, 11) is 0. The van der Waals surface area contributed by atoms with Crippen LogP contribution in [-0.4, -0.2) is 37.1 Å². The molecule has 0 spiro atoms. The van der Waals surface area contributed by atoms with Gasteiger partial charge in [-0.05, 0) is 50.0 Å². The lowest BCUT2D eigenvalue weighted by Gasteiger charge is -2.28. The molecule has 1 N–H and O–H groups in total. The maximum Gasteiger partial charge on any atom is 0.251 e. The van der Waals surface area contributed by atoms with Gasteiger partial charge in [0.2, 0.25) is 5.82 Å². The molecule has 1 aliphatic carbocycles. The molecule has 0 radical (unpaired) electrons. The first-order valence-corrected chi connectivity index (χ1v) is 9.27. The lowest BCUT2D eigenvalue weighted by atomic mass is 9.91. The predicted octanol–water partition coefficient (Wildman–Crippen LogP) is 2.96. The minimum atomic E-state index is -0.0332.